The van der Waals surface area contributed by atoms with Crippen molar-refractivity contribution in [2.45, 2.75) is 26.8 Å². The van der Waals surface area contributed by atoms with Crippen molar-refractivity contribution in [1.82, 2.24) is 14.8 Å². The molecule has 0 aliphatic carbocycles. The Morgan fingerprint density at radius 1 is 1.08 bits per heavy atom. The molecule has 3 rings (SSSR count). The molecule has 0 saturated carbocycles. The van der Waals surface area contributed by atoms with Gasteiger partial charge in [0.1, 0.15) is 6.04 Å². The molecule has 132 valence electrons. The first-order chi connectivity index (χ1) is 12.4. The third-order valence-corrected chi connectivity index (χ3v) is 4.02. The van der Waals surface area contributed by atoms with Gasteiger partial charge >= 0.3 is 5.69 Å². The first kappa shape index (κ1) is 17.5. The van der Waals surface area contributed by atoms with Crippen LogP contribution >= 0.6 is 0 Å². The molecule has 1 heterocycles. The van der Waals surface area contributed by atoms with E-state index < -0.39 is 11.7 Å². The Labute approximate surface area is 151 Å². The Kier molecular flexibility index (Phi) is 4.93. The number of benzene rings is 2. The highest BCUT2D eigenvalue weighted by Gasteiger charge is 2.18. The summed E-state index contributed by atoms with van der Waals surface area (Å²) in [6.07, 6.45) is 1.50. The first-order valence-corrected chi connectivity index (χ1v) is 8.34. The smallest absolute Gasteiger partial charge is 0.324 e. The van der Waals surface area contributed by atoms with Gasteiger partial charge in [0.2, 0.25) is 5.91 Å². The number of aryl methyl sites for hydroxylation is 2. The lowest BCUT2D eigenvalue weighted by molar-refractivity contribution is -0.119. The van der Waals surface area contributed by atoms with Crippen LogP contribution in [0.1, 0.15) is 24.1 Å². The minimum Gasteiger partial charge on any atom is -0.324 e. The fraction of sp³-hybridized carbons (Fsp3) is 0.200. The molecule has 3 aromatic rings. The Morgan fingerprint density at radius 2 is 1.73 bits per heavy atom. The summed E-state index contributed by atoms with van der Waals surface area (Å²) in [5, 5.41) is 6.96. The van der Waals surface area contributed by atoms with Crippen molar-refractivity contribution in [1.29, 1.82) is 0 Å². The van der Waals surface area contributed by atoms with Crippen molar-refractivity contribution in [3.05, 3.63) is 76.3 Å². The van der Waals surface area contributed by atoms with E-state index in [2.05, 4.69) is 15.4 Å². The largest absolute Gasteiger partial charge is 0.365 e. The van der Waals surface area contributed by atoms with Gasteiger partial charge in [-0.1, -0.05) is 36.4 Å². The lowest BCUT2D eigenvalue weighted by Gasteiger charge is -2.14. The number of hydrogen-bond acceptors (Lipinski definition) is 4. The van der Waals surface area contributed by atoms with Crippen molar-refractivity contribution in [3.8, 4) is 11.3 Å². The maximum absolute atomic E-state index is 12.5. The van der Waals surface area contributed by atoms with E-state index in [9.17, 15) is 9.59 Å². The molecule has 1 aromatic heterocycles. The predicted molar refractivity (Wildman–Crippen MR) is 101 cm³/mol. The van der Waals surface area contributed by atoms with Crippen LogP contribution in [0.25, 0.3) is 11.3 Å². The summed E-state index contributed by atoms with van der Waals surface area (Å²) in [5.74, 6) is -0.320. The van der Waals surface area contributed by atoms with E-state index >= 15 is 0 Å². The maximum atomic E-state index is 12.5. The van der Waals surface area contributed by atoms with E-state index in [-0.39, 0.29) is 5.91 Å². The van der Waals surface area contributed by atoms with Gasteiger partial charge in [0.05, 0.1) is 11.9 Å². The van der Waals surface area contributed by atoms with Crippen LogP contribution in [0, 0.1) is 13.8 Å². The van der Waals surface area contributed by atoms with E-state index in [0.29, 0.717) is 11.4 Å². The van der Waals surface area contributed by atoms with Gasteiger partial charge in [-0.25, -0.2) is 9.48 Å². The van der Waals surface area contributed by atoms with Crippen molar-refractivity contribution in [2.75, 3.05) is 5.32 Å². The van der Waals surface area contributed by atoms with E-state index in [0.717, 1.165) is 21.4 Å². The van der Waals surface area contributed by atoms with E-state index in [1.54, 1.807) is 6.92 Å². The van der Waals surface area contributed by atoms with Crippen molar-refractivity contribution in [2.24, 2.45) is 0 Å². The zero-order valence-electron chi connectivity index (χ0n) is 14.9. The molecule has 0 saturated heterocycles. The number of hydrogen-bond donors (Lipinski definition) is 1. The van der Waals surface area contributed by atoms with E-state index in [1.165, 1.54) is 6.20 Å². The SMILES string of the molecule is Cc1cc(C)cc(NC(=O)C(C)n2ncc(-c3ccccc3)nc2=O)c1. The van der Waals surface area contributed by atoms with E-state index in [1.807, 2.05) is 62.4 Å². The van der Waals surface area contributed by atoms with Gasteiger partial charge in [-0.3, -0.25) is 4.79 Å². The van der Waals surface area contributed by atoms with Gasteiger partial charge in [-0.2, -0.15) is 10.1 Å². The van der Waals surface area contributed by atoms with Crippen LogP contribution in [0.2, 0.25) is 0 Å². The minimum atomic E-state index is -0.777. The highest BCUT2D eigenvalue weighted by atomic mass is 16.2. The summed E-state index contributed by atoms with van der Waals surface area (Å²) in [5.41, 5.74) is 3.52. The summed E-state index contributed by atoms with van der Waals surface area (Å²) >= 11 is 0. The number of nitrogens with one attached hydrogen (secondary N) is 1. The molecule has 1 atom stereocenters. The summed E-state index contributed by atoms with van der Waals surface area (Å²) in [4.78, 5) is 28.9. The van der Waals surface area contributed by atoms with Gasteiger partial charge in [0, 0.05) is 11.3 Å². The summed E-state index contributed by atoms with van der Waals surface area (Å²) < 4.78 is 1.09. The maximum Gasteiger partial charge on any atom is 0.365 e. The molecule has 0 fully saturated rings. The molecule has 1 unspecified atom stereocenters. The zero-order valence-corrected chi connectivity index (χ0v) is 14.9. The highest BCUT2D eigenvalue weighted by molar-refractivity contribution is 5.93. The molecule has 0 bridgehead atoms. The number of carbonyl (C=O) groups is 1. The van der Waals surface area contributed by atoms with Crippen LogP contribution in [0.3, 0.4) is 0 Å². The molecule has 26 heavy (non-hydrogen) atoms. The molecule has 1 N–H and O–H groups in total. The summed E-state index contributed by atoms with van der Waals surface area (Å²) in [7, 11) is 0. The molecule has 0 radical (unpaired) electrons. The van der Waals surface area contributed by atoms with Gasteiger partial charge in [-0.05, 0) is 44.0 Å². The second-order valence-electron chi connectivity index (χ2n) is 6.28. The highest BCUT2D eigenvalue weighted by Crippen LogP contribution is 2.16. The average Bonchev–Trinajstić information content (AvgIpc) is 2.61. The number of amides is 1. The third kappa shape index (κ3) is 3.85. The van der Waals surface area contributed by atoms with Crippen molar-refractivity contribution in [3.63, 3.8) is 0 Å². The van der Waals surface area contributed by atoms with Crippen LogP contribution in [0.4, 0.5) is 5.69 Å². The van der Waals surface area contributed by atoms with Crippen LogP contribution in [0.15, 0.2) is 59.5 Å². The second-order valence-corrected chi connectivity index (χ2v) is 6.28. The molecule has 1 amide bonds. The second kappa shape index (κ2) is 7.31. The monoisotopic (exact) mass is 348 g/mol. The van der Waals surface area contributed by atoms with Gasteiger partial charge in [0.15, 0.2) is 0 Å². The lowest BCUT2D eigenvalue weighted by atomic mass is 10.1. The van der Waals surface area contributed by atoms with Gasteiger partial charge in [0.25, 0.3) is 0 Å². The molecule has 0 aliphatic rings. The number of nitrogens with zero attached hydrogens (tertiary/aromatic N) is 3. The van der Waals surface area contributed by atoms with Crippen molar-refractivity contribution < 1.29 is 4.79 Å². The minimum absolute atomic E-state index is 0.320. The Balaban J connectivity index is 1.82. The molecular formula is C20H20N4O2. The Bertz CT molecular complexity index is 976. The molecule has 2 aromatic carbocycles. The van der Waals surface area contributed by atoms with Gasteiger partial charge in [-0.15, -0.1) is 0 Å². The van der Waals surface area contributed by atoms with Crippen LogP contribution in [-0.2, 0) is 4.79 Å². The number of aromatic nitrogens is 3. The first-order valence-electron chi connectivity index (χ1n) is 8.34. The van der Waals surface area contributed by atoms with E-state index in [4.69, 9.17) is 0 Å². The average molecular weight is 348 g/mol. The number of rotatable bonds is 4. The van der Waals surface area contributed by atoms with Crippen molar-refractivity contribution >= 4 is 11.6 Å². The fourth-order valence-electron chi connectivity index (χ4n) is 2.77. The standard InChI is InChI=1S/C20H20N4O2/c1-13-9-14(2)11-17(10-13)22-19(25)15(3)24-20(26)23-18(12-21-24)16-7-5-4-6-8-16/h4-12,15H,1-3H3,(H,22,25). The van der Waals surface area contributed by atoms with Crippen LogP contribution in [-0.4, -0.2) is 20.7 Å². The fourth-order valence-corrected chi connectivity index (χ4v) is 2.77. The van der Waals surface area contributed by atoms with Crippen LogP contribution < -0.4 is 11.0 Å². The summed E-state index contributed by atoms with van der Waals surface area (Å²) in [6, 6.07) is 14.3. The third-order valence-electron chi connectivity index (χ3n) is 4.02. The zero-order chi connectivity index (χ0) is 18.7. The molecule has 0 aliphatic heterocycles. The van der Waals surface area contributed by atoms with Crippen LogP contribution in [0.5, 0.6) is 0 Å². The normalized spacial score (nSPS) is 11.8. The number of carbonyl (C=O) groups excluding carboxylic acids is 1. The molecule has 0 spiro atoms. The molecule has 6 heteroatoms. The topological polar surface area (TPSA) is 76.9 Å². The molecule has 6 nitrogen and oxygen atoms in total. The Morgan fingerprint density at radius 3 is 2.35 bits per heavy atom. The van der Waals surface area contributed by atoms with Gasteiger partial charge < -0.3 is 5.32 Å². The lowest BCUT2D eigenvalue weighted by Crippen LogP contribution is -2.34. The molecular weight excluding hydrogens is 328 g/mol. The number of anilines is 1. The predicted octanol–water partition coefficient (Wildman–Crippen LogP) is 3.12. The Hall–Kier alpha value is -3.28. The quantitative estimate of drug-likeness (QED) is 0.786. The summed E-state index contributed by atoms with van der Waals surface area (Å²) in [6.45, 7) is 5.55.